The van der Waals surface area contributed by atoms with Crippen molar-refractivity contribution in [3.63, 3.8) is 0 Å². The standard InChI is InChI=1S/C15H28O3/c1-5-11-8-12(6-2)13(9-11)15(4,17)10-14(16)18-7-3/h11-13,17H,5-10H2,1-4H3. The Bertz CT molecular complexity index is 273. The molecule has 3 heteroatoms. The normalized spacial score (nSPS) is 31.1. The molecule has 1 saturated carbocycles. The maximum absolute atomic E-state index is 11.6. The molecule has 0 spiro atoms. The molecular formula is C15H28O3. The Morgan fingerprint density at radius 3 is 2.44 bits per heavy atom. The Hall–Kier alpha value is -0.570. The summed E-state index contributed by atoms with van der Waals surface area (Å²) in [6, 6.07) is 0. The molecule has 0 bridgehead atoms. The topological polar surface area (TPSA) is 46.5 Å². The second kappa shape index (κ2) is 6.55. The molecule has 0 aliphatic heterocycles. The summed E-state index contributed by atoms with van der Waals surface area (Å²) in [7, 11) is 0. The quantitative estimate of drug-likeness (QED) is 0.743. The first-order valence-electron chi connectivity index (χ1n) is 7.32. The highest BCUT2D eigenvalue weighted by molar-refractivity contribution is 5.70. The van der Waals surface area contributed by atoms with E-state index in [1.165, 1.54) is 12.8 Å². The van der Waals surface area contributed by atoms with E-state index in [9.17, 15) is 9.90 Å². The third-order valence-corrected chi connectivity index (χ3v) is 4.50. The second-order valence-electron chi connectivity index (χ2n) is 5.86. The molecule has 1 fully saturated rings. The number of carbonyl (C=O) groups excluding carboxylic acids is 1. The molecule has 3 nitrogen and oxygen atoms in total. The van der Waals surface area contributed by atoms with E-state index < -0.39 is 5.60 Å². The highest BCUT2D eigenvalue weighted by atomic mass is 16.5. The van der Waals surface area contributed by atoms with Crippen LogP contribution in [-0.4, -0.2) is 23.3 Å². The van der Waals surface area contributed by atoms with Crippen molar-refractivity contribution in [2.24, 2.45) is 17.8 Å². The molecule has 1 rings (SSSR count). The first-order valence-corrected chi connectivity index (χ1v) is 7.32. The molecule has 0 aromatic carbocycles. The summed E-state index contributed by atoms with van der Waals surface area (Å²) in [6.45, 7) is 8.36. The van der Waals surface area contributed by atoms with Crippen LogP contribution in [0.1, 0.15) is 59.8 Å². The van der Waals surface area contributed by atoms with Gasteiger partial charge in [0, 0.05) is 0 Å². The van der Waals surface area contributed by atoms with Crippen molar-refractivity contribution in [1.82, 2.24) is 0 Å². The van der Waals surface area contributed by atoms with Gasteiger partial charge in [-0.1, -0.05) is 26.7 Å². The molecule has 1 N–H and O–H groups in total. The average molecular weight is 256 g/mol. The van der Waals surface area contributed by atoms with Gasteiger partial charge in [0.15, 0.2) is 0 Å². The predicted molar refractivity (Wildman–Crippen MR) is 72.2 cm³/mol. The Morgan fingerprint density at radius 1 is 1.28 bits per heavy atom. The van der Waals surface area contributed by atoms with Gasteiger partial charge in [0.05, 0.1) is 18.6 Å². The minimum Gasteiger partial charge on any atom is -0.466 e. The number of hydrogen-bond acceptors (Lipinski definition) is 3. The summed E-state index contributed by atoms with van der Waals surface area (Å²) >= 11 is 0. The van der Waals surface area contributed by atoms with Crippen LogP contribution in [0.2, 0.25) is 0 Å². The highest BCUT2D eigenvalue weighted by Crippen LogP contribution is 2.46. The first-order chi connectivity index (χ1) is 8.44. The number of esters is 1. The third-order valence-electron chi connectivity index (χ3n) is 4.50. The van der Waals surface area contributed by atoms with Crippen molar-refractivity contribution in [2.45, 2.75) is 65.4 Å². The Labute approximate surface area is 111 Å². The first kappa shape index (κ1) is 15.5. The van der Waals surface area contributed by atoms with Gasteiger partial charge in [-0.05, 0) is 44.4 Å². The summed E-state index contributed by atoms with van der Waals surface area (Å²) in [6.07, 6.45) is 4.61. The van der Waals surface area contributed by atoms with Gasteiger partial charge in [0.25, 0.3) is 0 Å². The molecule has 0 amide bonds. The fraction of sp³-hybridized carbons (Fsp3) is 0.933. The van der Waals surface area contributed by atoms with Crippen molar-refractivity contribution in [3.05, 3.63) is 0 Å². The van der Waals surface area contributed by atoms with E-state index in [-0.39, 0.29) is 18.3 Å². The maximum Gasteiger partial charge on any atom is 0.308 e. The van der Waals surface area contributed by atoms with Crippen LogP contribution in [-0.2, 0) is 9.53 Å². The van der Waals surface area contributed by atoms with E-state index in [0.717, 1.165) is 12.8 Å². The Kier molecular flexibility index (Phi) is 5.64. The third kappa shape index (κ3) is 3.71. The van der Waals surface area contributed by atoms with Crippen LogP contribution in [0.25, 0.3) is 0 Å². The van der Waals surface area contributed by atoms with Crippen molar-refractivity contribution < 1.29 is 14.6 Å². The van der Waals surface area contributed by atoms with Crippen LogP contribution in [0, 0.1) is 17.8 Å². The summed E-state index contributed by atoms with van der Waals surface area (Å²) in [5.74, 6) is 1.20. The highest BCUT2D eigenvalue weighted by Gasteiger charge is 2.44. The second-order valence-corrected chi connectivity index (χ2v) is 5.86. The van der Waals surface area contributed by atoms with Crippen molar-refractivity contribution >= 4 is 5.97 Å². The molecule has 18 heavy (non-hydrogen) atoms. The number of carbonyl (C=O) groups is 1. The summed E-state index contributed by atoms with van der Waals surface area (Å²) < 4.78 is 4.96. The fourth-order valence-corrected chi connectivity index (χ4v) is 3.42. The molecule has 1 aliphatic carbocycles. The minimum absolute atomic E-state index is 0.123. The number of rotatable bonds is 6. The average Bonchev–Trinajstić information content (AvgIpc) is 2.72. The number of hydrogen-bond donors (Lipinski definition) is 1. The van der Waals surface area contributed by atoms with Crippen molar-refractivity contribution in [3.8, 4) is 0 Å². The molecule has 0 radical (unpaired) electrons. The van der Waals surface area contributed by atoms with Crippen LogP contribution in [0.15, 0.2) is 0 Å². The van der Waals surface area contributed by atoms with Crippen molar-refractivity contribution in [1.29, 1.82) is 0 Å². The van der Waals surface area contributed by atoms with Crippen LogP contribution in [0.4, 0.5) is 0 Å². The Balaban J connectivity index is 2.67. The van der Waals surface area contributed by atoms with Crippen molar-refractivity contribution in [2.75, 3.05) is 6.61 Å². The van der Waals surface area contributed by atoms with Crippen LogP contribution in [0.3, 0.4) is 0 Å². The molecule has 106 valence electrons. The van der Waals surface area contributed by atoms with Gasteiger partial charge >= 0.3 is 5.97 Å². The number of ether oxygens (including phenoxy) is 1. The lowest BCUT2D eigenvalue weighted by molar-refractivity contribution is -0.151. The SMILES string of the molecule is CCOC(=O)CC(C)(O)C1CC(CC)CC1CC. The van der Waals surface area contributed by atoms with Gasteiger partial charge in [-0.25, -0.2) is 0 Å². The monoisotopic (exact) mass is 256 g/mol. The Morgan fingerprint density at radius 2 is 1.94 bits per heavy atom. The lowest BCUT2D eigenvalue weighted by Crippen LogP contribution is -2.39. The minimum atomic E-state index is -0.920. The van der Waals surface area contributed by atoms with Crippen LogP contribution < -0.4 is 0 Å². The largest absolute Gasteiger partial charge is 0.466 e. The van der Waals surface area contributed by atoms with E-state index >= 15 is 0 Å². The van der Waals surface area contributed by atoms with E-state index in [1.807, 2.05) is 0 Å². The zero-order chi connectivity index (χ0) is 13.8. The van der Waals surface area contributed by atoms with Gasteiger partial charge in [-0.3, -0.25) is 4.79 Å². The molecule has 0 aromatic rings. The molecule has 0 saturated heterocycles. The van der Waals surface area contributed by atoms with Gasteiger partial charge in [0.2, 0.25) is 0 Å². The lowest BCUT2D eigenvalue weighted by atomic mass is 9.78. The molecule has 4 atom stereocenters. The van der Waals surface area contributed by atoms with E-state index in [0.29, 0.717) is 18.4 Å². The van der Waals surface area contributed by atoms with Crippen LogP contribution >= 0.6 is 0 Å². The van der Waals surface area contributed by atoms with Gasteiger partial charge < -0.3 is 9.84 Å². The van der Waals surface area contributed by atoms with Gasteiger partial charge in [0.1, 0.15) is 0 Å². The zero-order valence-electron chi connectivity index (χ0n) is 12.2. The smallest absolute Gasteiger partial charge is 0.308 e. The lowest BCUT2D eigenvalue weighted by Gasteiger charge is -2.33. The maximum atomic E-state index is 11.6. The molecule has 1 aliphatic rings. The summed E-state index contributed by atoms with van der Waals surface area (Å²) in [4.78, 5) is 11.6. The zero-order valence-corrected chi connectivity index (χ0v) is 12.2. The van der Waals surface area contributed by atoms with E-state index in [4.69, 9.17) is 4.74 Å². The molecular weight excluding hydrogens is 228 g/mol. The van der Waals surface area contributed by atoms with Gasteiger partial charge in [-0.2, -0.15) is 0 Å². The molecule has 0 aromatic heterocycles. The molecule has 0 heterocycles. The summed E-state index contributed by atoms with van der Waals surface area (Å²) in [5.41, 5.74) is -0.920. The predicted octanol–water partition coefficient (Wildman–Crippen LogP) is 3.15. The molecule has 4 unspecified atom stereocenters. The van der Waals surface area contributed by atoms with E-state index in [2.05, 4.69) is 13.8 Å². The van der Waals surface area contributed by atoms with E-state index in [1.54, 1.807) is 13.8 Å². The summed E-state index contributed by atoms with van der Waals surface area (Å²) in [5, 5.41) is 10.6. The fourth-order valence-electron chi connectivity index (χ4n) is 3.42. The number of aliphatic hydroxyl groups is 1. The van der Waals surface area contributed by atoms with Crippen LogP contribution in [0.5, 0.6) is 0 Å². The van der Waals surface area contributed by atoms with Gasteiger partial charge in [-0.15, -0.1) is 0 Å².